The third kappa shape index (κ3) is 5.61. The van der Waals surface area contributed by atoms with E-state index < -0.39 is 11.6 Å². The summed E-state index contributed by atoms with van der Waals surface area (Å²) in [6.07, 6.45) is 9.08. The van der Waals surface area contributed by atoms with Gasteiger partial charge < -0.3 is 14.4 Å². The highest BCUT2D eigenvalue weighted by Crippen LogP contribution is 2.40. The molecule has 0 spiro atoms. The monoisotopic (exact) mass is 479 g/mol. The van der Waals surface area contributed by atoms with Crippen molar-refractivity contribution >= 4 is 12.0 Å². The van der Waals surface area contributed by atoms with Crippen LogP contribution in [0.3, 0.4) is 0 Å². The molecule has 7 nitrogen and oxygen atoms in total. The van der Waals surface area contributed by atoms with Gasteiger partial charge >= 0.3 is 12.0 Å². The normalized spacial score (nSPS) is 24.7. The third-order valence-electron chi connectivity index (χ3n) is 7.63. The Labute approximate surface area is 207 Å². The highest BCUT2D eigenvalue weighted by Gasteiger charge is 2.43. The molecule has 1 aromatic carbocycles. The Balaban J connectivity index is 1.11. The molecule has 0 bridgehead atoms. The Morgan fingerprint density at radius 2 is 1.77 bits per heavy atom. The van der Waals surface area contributed by atoms with Gasteiger partial charge in [-0.2, -0.15) is 9.78 Å². The predicted molar refractivity (Wildman–Crippen MR) is 132 cm³/mol. The van der Waals surface area contributed by atoms with Crippen LogP contribution >= 0.6 is 0 Å². The first-order valence-corrected chi connectivity index (χ1v) is 13.0. The van der Waals surface area contributed by atoms with Crippen molar-refractivity contribution in [2.75, 3.05) is 13.1 Å². The topological polar surface area (TPSA) is 73.7 Å². The van der Waals surface area contributed by atoms with E-state index in [4.69, 9.17) is 9.47 Å². The number of hydrogen-bond acceptors (Lipinski definition) is 5. The fourth-order valence-electron chi connectivity index (χ4n) is 5.96. The minimum Gasteiger partial charge on any atom is -0.455 e. The number of ether oxygens (including phenoxy) is 2. The Bertz CT molecular complexity index is 1050. The quantitative estimate of drug-likeness (QED) is 0.538. The van der Waals surface area contributed by atoms with Crippen LogP contribution in [-0.2, 0) is 16.1 Å². The summed E-state index contributed by atoms with van der Waals surface area (Å²) in [5.74, 6) is 1.11. The van der Waals surface area contributed by atoms with E-state index in [1.165, 1.54) is 47.6 Å². The van der Waals surface area contributed by atoms with E-state index in [0.717, 1.165) is 18.8 Å². The average Bonchev–Trinajstić information content (AvgIpc) is 3.60. The molecule has 2 heterocycles. The van der Waals surface area contributed by atoms with Crippen molar-refractivity contribution < 1.29 is 19.1 Å². The highest BCUT2D eigenvalue weighted by molar-refractivity contribution is 5.88. The molecule has 1 saturated heterocycles. The predicted octanol–water partition coefficient (Wildman–Crippen LogP) is 5.39. The summed E-state index contributed by atoms with van der Waals surface area (Å²) in [6.45, 7) is 7.50. The first-order chi connectivity index (χ1) is 16.7. The molecule has 5 rings (SSSR count). The second kappa shape index (κ2) is 9.76. The van der Waals surface area contributed by atoms with Gasteiger partial charge in [0, 0.05) is 19.3 Å². The first kappa shape index (κ1) is 24.0. The largest absolute Gasteiger partial charge is 0.455 e. The lowest BCUT2D eigenvalue weighted by atomic mass is 9.96. The Morgan fingerprint density at radius 3 is 2.46 bits per heavy atom. The van der Waals surface area contributed by atoms with Crippen LogP contribution < -0.4 is 0 Å². The summed E-state index contributed by atoms with van der Waals surface area (Å²) in [5, 5.41) is 4.17. The molecule has 1 aliphatic heterocycles. The van der Waals surface area contributed by atoms with Crippen LogP contribution in [0.15, 0.2) is 36.5 Å². The van der Waals surface area contributed by atoms with Gasteiger partial charge in [0.2, 0.25) is 0 Å². The van der Waals surface area contributed by atoms with E-state index in [-0.39, 0.29) is 17.8 Å². The van der Waals surface area contributed by atoms with E-state index >= 15 is 0 Å². The van der Waals surface area contributed by atoms with Crippen molar-refractivity contribution in [3.05, 3.63) is 53.3 Å². The Kier molecular flexibility index (Phi) is 6.71. The van der Waals surface area contributed by atoms with Crippen LogP contribution in [0.2, 0.25) is 0 Å². The zero-order valence-electron chi connectivity index (χ0n) is 21.1. The Hall–Kier alpha value is -2.67. The van der Waals surface area contributed by atoms with Crippen molar-refractivity contribution in [2.24, 2.45) is 11.8 Å². The molecular formula is C28H37N3O4. The van der Waals surface area contributed by atoms with Crippen molar-refractivity contribution in [1.29, 1.82) is 0 Å². The molecule has 2 aliphatic carbocycles. The fraction of sp³-hybridized carbons (Fsp3) is 0.607. The van der Waals surface area contributed by atoms with Crippen LogP contribution in [-0.4, -0.2) is 51.5 Å². The van der Waals surface area contributed by atoms with Crippen LogP contribution in [0, 0.1) is 11.8 Å². The average molecular weight is 480 g/mol. The molecule has 0 N–H and O–H groups in total. The molecule has 35 heavy (non-hydrogen) atoms. The number of carbonyl (C=O) groups excluding carboxylic acids is 2. The van der Waals surface area contributed by atoms with Crippen LogP contribution in [0.25, 0.3) is 0 Å². The van der Waals surface area contributed by atoms with Gasteiger partial charge in [0.15, 0.2) is 5.69 Å². The molecule has 188 valence electrons. The van der Waals surface area contributed by atoms with Crippen molar-refractivity contribution in [3.8, 4) is 0 Å². The maximum absolute atomic E-state index is 13.0. The number of carbonyl (C=O) groups is 2. The number of esters is 1. The zero-order valence-corrected chi connectivity index (χ0v) is 21.1. The number of hydrogen-bond donors (Lipinski definition) is 0. The van der Waals surface area contributed by atoms with Crippen molar-refractivity contribution in [2.45, 2.75) is 83.5 Å². The van der Waals surface area contributed by atoms with Gasteiger partial charge in [-0.25, -0.2) is 9.59 Å². The first-order valence-electron chi connectivity index (χ1n) is 13.0. The van der Waals surface area contributed by atoms with Gasteiger partial charge in [-0.15, -0.1) is 0 Å². The molecule has 2 saturated carbocycles. The molecule has 3 fully saturated rings. The molecule has 1 unspecified atom stereocenters. The van der Waals surface area contributed by atoms with E-state index in [9.17, 15) is 9.59 Å². The summed E-state index contributed by atoms with van der Waals surface area (Å²) in [5.41, 5.74) is 2.28. The maximum Gasteiger partial charge on any atom is 0.359 e. The Morgan fingerprint density at radius 1 is 1.06 bits per heavy atom. The van der Waals surface area contributed by atoms with E-state index in [2.05, 4.69) is 29.4 Å². The molecule has 7 heteroatoms. The summed E-state index contributed by atoms with van der Waals surface area (Å²) < 4.78 is 12.9. The molecule has 3 aliphatic rings. The summed E-state index contributed by atoms with van der Waals surface area (Å²) in [4.78, 5) is 27.1. The van der Waals surface area contributed by atoms with Gasteiger partial charge in [0.25, 0.3) is 0 Å². The second-order valence-corrected chi connectivity index (χ2v) is 11.5. The fourth-order valence-corrected chi connectivity index (χ4v) is 5.96. The SMILES string of the molecule is CC(C)(C)OC(=O)c1ccn(C(=O)N2C[C@H]3CC(OCc4cccc(C5CCCC5)c4)C[C@H]3C2)n1. The molecule has 0 radical (unpaired) electrons. The number of nitrogens with zero attached hydrogens (tertiary/aromatic N) is 3. The number of benzene rings is 1. The second-order valence-electron chi connectivity index (χ2n) is 11.5. The summed E-state index contributed by atoms with van der Waals surface area (Å²) in [6, 6.07) is 10.3. The van der Waals surface area contributed by atoms with Crippen molar-refractivity contribution in [3.63, 3.8) is 0 Å². The van der Waals surface area contributed by atoms with E-state index in [1.807, 2.05) is 4.90 Å². The van der Waals surface area contributed by atoms with Gasteiger partial charge in [0.1, 0.15) is 5.60 Å². The molecule has 1 amide bonds. The van der Waals surface area contributed by atoms with Crippen molar-refractivity contribution in [1.82, 2.24) is 14.7 Å². The van der Waals surface area contributed by atoms with Crippen LogP contribution in [0.4, 0.5) is 4.79 Å². The minimum atomic E-state index is -0.603. The highest BCUT2D eigenvalue weighted by atomic mass is 16.6. The summed E-state index contributed by atoms with van der Waals surface area (Å²) >= 11 is 0. The van der Waals surface area contributed by atoms with Gasteiger partial charge in [0.05, 0.1) is 12.7 Å². The lowest BCUT2D eigenvalue weighted by Crippen LogP contribution is -2.34. The standard InChI is InChI=1S/C28H37N3O4/c1-28(2,3)35-26(32)25-11-12-31(29-25)27(33)30-16-22-14-24(15-23(22)17-30)34-18-19-7-6-10-21(13-19)20-8-4-5-9-20/h6-7,10-13,20,22-24H,4-5,8-9,14-18H2,1-3H3/t22-,23+,24?. The van der Waals surface area contributed by atoms with Crippen LogP contribution in [0.5, 0.6) is 0 Å². The van der Waals surface area contributed by atoms with Gasteiger partial charge in [-0.05, 0) is 81.4 Å². The zero-order chi connectivity index (χ0) is 24.6. The van der Waals surface area contributed by atoms with Gasteiger partial charge in [-0.1, -0.05) is 37.1 Å². The minimum absolute atomic E-state index is 0.151. The van der Waals surface area contributed by atoms with E-state index in [1.54, 1.807) is 27.0 Å². The molecule has 2 aromatic rings. The number of aromatic nitrogens is 2. The number of likely N-dealkylation sites (tertiary alicyclic amines) is 1. The molecule has 1 aromatic heterocycles. The van der Waals surface area contributed by atoms with Gasteiger partial charge in [-0.3, -0.25) is 0 Å². The van der Waals surface area contributed by atoms with E-state index in [0.29, 0.717) is 31.5 Å². The molecular weight excluding hydrogens is 442 g/mol. The third-order valence-corrected chi connectivity index (χ3v) is 7.63. The smallest absolute Gasteiger partial charge is 0.359 e. The number of rotatable bonds is 5. The lowest BCUT2D eigenvalue weighted by Gasteiger charge is -2.20. The van der Waals surface area contributed by atoms with Crippen LogP contribution in [0.1, 0.15) is 86.8 Å². The lowest BCUT2D eigenvalue weighted by molar-refractivity contribution is 0.00622. The maximum atomic E-state index is 13.0. The molecule has 3 atom stereocenters. The number of fused-ring (bicyclic) bond motifs is 1. The summed E-state index contributed by atoms with van der Waals surface area (Å²) in [7, 11) is 0. The number of amides is 1.